The molecule has 0 atom stereocenters. The van der Waals surface area contributed by atoms with Crippen molar-refractivity contribution in [3.63, 3.8) is 0 Å². The molecule has 0 aliphatic heterocycles. The van der Waals surface area contributed by atoms with Crippen LogP contribution in [0.3, 0.4) is 0 Å². The second kappa shape index (κ2) is 4.46. The summed E-state index contributed by atoms with van der Waals surface area (Å²) in [5.41, 5.74) is 9.47. The third-order valence-electron chi connectivity index (χ3n) is 2.77. The first kappa shape index (κ1) is 10.7. The fourth-order valence-corrected chi connectivity index (χ4v) is 1.77. The highest BCUT2D eigenvalue weighted by Crippen LogP contribution is 2.18. The molecule has 0 bridgehead atoms. The van der Waals surface area contributed by atoms with E-state index in [9.17, 15) is 0 Å². The smallest absolute Gasteiger partial charge is 0.132 e. The number of imidazole rings is 1. The molecule has 5 heteroatoms. The van der Waals surface area contributed by atoms with E-state index in [0.29, 0.717) is 6.54 Å². The van der Waals surface area contributed by atoms with Crippen LogP contribution in [0.2, 0.25) is 0 Å². The van der Waals surface area contributed by atoms with Crippen LogP contribution < -0.4 is 11.1 Å². The molecule has 0 radical (unpaired) electrons. The zero-order valence-corrected chi connectivity index (χ0v) is 9.72. The number of hydrogen-bond acceptors (Lipinski definition) is 4. The summed E-state index contributed by atoms with van der Waals surface area (Å²) in [5.74, 6) is 0.773. The highest BCUT2D eigenvalue weighted by atomic mass is 15.0. The first-order chi connectivity index (χ1) is 8.85. The number of fused-ring (bicyclic) bond motifs is 1. The standard InChI is InChI=1S/C13H13N5/c14-6-9-1-3-10(4-2-9)18-13-5-11-12(7-15-13)17-8-16-11/h1-5,7-8H,6,14H2,(H,15,18)(H,16,17). The van der Waals surface area contributed by atoms with Crippen molar-refractivity contribution in [2.24, 2.45) is 5.73 Å². The summed E-state index contributed by atoms with van der Waals surface area (Å²) in [7, 11) is 0. The zero-order chi connectivity index (χ0) is 12.4. The van der Waals surface area contributed by atoms with Gasteiger partial charge in [-0.2, -0.15) is 0 Å². The summed E-state index contributed by atoms with van der Waals surface area (Å²) in [6.45, 7) is 0.553. The number of rotatable bonds is 3. The predicted molar refractivity (Wildman–Crippen MR) is 71.5 cm³/mol. The van der Waals surface area contributed by atoms with Gasteiger partial charge in [-0.25, -0.2) is 9.97 Å². The van der Waals surface area contributed by atoms with Gasteiger partial charge in [0, 0.05) is 18.3 Å². The van der Waals surface area contributed by atoms with Crippen LogP contribution >= 0.6 is 0 Å². The van der Waals surface area contributed by atoms with Gasteiger partial charge in [-0.3, -0.25) is 0 Å². The Morgan fingerprint density at radius 2 is 2.00 bits per heavy atom. The number of aromatic nitrogens is 3. The van der Waals surface area contributed by atoms with Gasteiger partial charge in [0.2, 0.25) is 0 Å². The van der Waals surface area contributed by atoms with Crippen molar-refractivity contribution in [3.05, 3.63) is 48.4 Å². The molecule has 4 N–H and O–H groups in total. The Kier molecular flexibility index (Phi) is 2.66. The first-order valence-electron chi connectivity index (χ1n) is 5.70. The maximum atomic E-state index is 5.56. The van der Waals surface area contributed by atoms with Crippen molar-refractivity contribution >= 4 is 22.5 Å². The molecular weight excluding hydrogens is 226 g/mol. The summed E-state index contributed by atoms with van der Waals surface area (Å²) in [4.78, 5) is 11.5. The van der Waals surface area contributed by atoms with Crippen LogP contribution in [0.5, 0.6) is 0 Å². The molecule has 5 nitrogen and oxygen atoms in total. The SMILES string of the molecule is NCc1ccc(Nc2cc3nc[nH]c3cn2)cc1. The largest absolute Gasteiger partial charge is 0.343 e. The van der Waals surface area contributed by atoms with Crippen molar-refractivity contribution < 1.29 is 0 Å². The molecule has 3 rings (SSSR count). The maximum absolute atomic E-state index is 5.56. The van der Waals surface area contributed by atoms with Crippen molar-refractivity contribution in [1.29, 1.82) is 0 Å². The molecule has 18 heavy (non-hydrogen) atoms. The Labute approximate surface area is 104 Å². The summed E-state index contributed by atoms with van der Waals surface area (Å²) in [6, 6.07) is 9.87. The number of nitrogens with one attached hydrogen (secondary N) is 2. The van der Waals surface area contributed by atoms with Crippen LogP contribution in [0.25, 0.3) is 11.0 Å². The topological polar surface area (TPSA) is 79.6 Å². The van der Waals surface area contributed by atoms with Crippen LogP contribution in [0, 0.1) is 0 Å². The third-order valence-corrected chi connectivity index (χ3v) is 2.77. The fourth-order valence-electron chi connectivity index (χ4n) is 1.77. The zero-order valence-electron chi connectivity index (χ0n) is 9.72. The van der Waals surface area contributed by atoms with Gasteiger partial charge < -0.3 is 16.0 Å². The number of nitrogens with two attached hydrogens (primary N) is 1. The second-order valence-corrected chi connectivity index (χ2v) is 4.02. The molecule has 1 aromatic carbocycles. The van der Waals surface area contributed by atoms with Gasteiger partial charge >= 0.3 is 0 Å². The van der Waals surface area contributed by atoms with E-state index in [2.05, 4.69) is 20.3 Å². The van der Waals surface area contributed by atoms with Gasteiger partial charge in [-0.1, -0.05) is 12.1 Å². The lowest BCUT2D eigenvalue weighted by molar-refractivity contribution is 1.07. The van der Waals surface area contributed by atoms with E-state index in [-0.39, 0.29) is 0 Å². The minimum absolute atomic E-state index is 0.553. The molecule has 0 unspecified atom stereocenters. The van der Waals surface area contributed by atoms with E-state index < -0.39 is 0 Å². The summed E-state index contributed by atoms with van der Waals surface area (Å²) >= 11 is 0. The Hall–Kier alpha value is -2.40. The molecule has 2 aromatic heterocycles. The first-order valence-corrected chi connectivity index (χ1v) is 5.70. The molecule has 0 amide bonds. The average Bonchev–Trinajstić information content (AvgIpc) is 2.87. The minimum Gasteiger partial charge on any atom is -0.343 e. The van der Waals surface area contributed by atoms with Gasteiger partial charge in [0.1, 0.15) is 5.82 Å². The molecule has 90 valence electrons. The molecule has 0 fully saturated rings. The molecular formula is C13H13N5. The highest BCUT2D eigenvalue weighted by molar-refractivity contribution is 5.77. The van der Waals surface area contributed by atoms with Gasteiger partial charge in [0.25, 0.3) is 0 Å². The summed E-state index contributed by atoms with van der Waals surface area (Å²) < 4.78 is 0. The number of benzene rings is 1. The Morgan fingerprint density at radius 1 is 1.17 bits per heavy atom. The Balaban J connectivity index is 1.85. The highest BCUT2D eigenvalue weighted by Gasteiger charge is 2.00. The van der Waals surface area contributed by atoms with Gasteiger partial charge in [0.15, 0.2) is 0 Å². The van der Waals surface area contributed by atoms with Gasteiger partial charge in [-0.15, -0.1) is 0 Å². The lowest BCUT2D eigenvalue weighted by Crippen LogP contribution is -1.97. The van der Waals surface area contributed by atoms with Crippen molar-refractivity contribution in [2.45, 2.75) is 6.54 Å². The van der Waals surface area contributed by atoms with Crippen LogP contribution in [0.4, 0.5) is 11.5 Å². The molecule has 3 aromatic rings. The van der Waals surface area contributed by atoms with E-state index in [4.69, 9.17) is 5.73 Å². The molecule has 0 aliphatic rings. The number of H-pyrrole nitrogens is 1. The van der Waals surface area contributed by atoms with Crippen molar-refractivity contribution in [2.75, 3.05) is 5.32 Å². The fraction of sp³-hybridized carbons (Fsp3) is 0.0769. The van der Waals surface area contributed by atoms with Gasteiger partial charge in [-0.05, 0) is 17.7 Å². The van der Waals surface area contributed by atoms with E-state index in [1.807, 2.05) is 30.3 Å². The molecule has 0 aliphatic carbocycles. The quantitative estimate of drug-likeness (QED) is 0.654. The van der Waals surface area contributed by atoms with E-state index in [0.717, 1.165) is 28.1 Å². The van der Waals surface area contributed by atoms with Crippen LogP contribution in [0.15, 0.2) is 42.9 Å². The lowest BCUT2D eigenvalue weighted by Gasteiger charge is -2.06. The Morgan fingerprint density at radius 3 is 2.78 bits per heavy atom. The Bertz CT molecular complexity index is 656. The maximum Gasteiger partial charge on any atom is 0.132 e. The van der Waals surface area contributed by atoms with E-state index in [1.165, 1.54) is 0 Å². The van der Waals surface area contributed by atoms with E-state index in [1.54, 1.807) is 12.5 Å². The monoisotopic (exact) mass is 239 g/mol. The van der Waals surface area contributed by atoms with Crippen LogP contribution in [0.1, 0.15) is 5.56 Å². The van der Waals surface area contributed by atoms with Crippen LogP contribution in [-0.2, 0) is 6.54 Å². The number of nitrogens with zero attached hydrogens (tertiary/aromatic N) is 2. The second-order valence-electron chi connectivity index (χ2n) is 4.02. The number of hydrogen-bond donors (Lipinski definition) is 3. The van der Waals surface area contributed by atoms with Crippen LogP contribution in [-0.4, -0.2) is 15.0 Å². The summed E-state index contributed by atoms with van der Waals surface area (Å²) in [6.07, 6.45) is 3.42. The lowest BCUT2D eigenvalue weighted by atomic mass is 10.2. The normalized spacial score (nSPS) is 10.7. The van der Waals surface area contributed by atoms with Gasteiger partial charge in [0.05, 0.1) is 23.6 Å². The number of aromatic amines is 1. The predicted octanol–water partition coefficient (Wildman–Crippen LogP) is 2.16. The molecule has 2 heterocycles. The van der Waals surface area contributed by atoms with Crippen molar-refractivity contribution in [3.8, 4) is 0 Å². The van der Waals surface area contributed by atoms with E-state index >= 15 is 0 Å². The van der Waals surface area contributed by atoms with Crippen molar-refractivity contribution in [1.82, 2.24) is 15.0 Å². The number of pyridine rings is 1. The summed E-state index contributed by atoms with van der Waals surface area (Å²) in [5, 5.41) is 3.23. The molecule has 0 saturated heterocycles. The third kappa shape index (κ3) is 2.03. The number of anilines is 2. The average molecular weight is 239 g/mol. The molecule has 0 saturated carbocycles. The molecule has 0 spiro atoms. The minimum atomic E-state index is 0.553.